The van der Waals surface area contributed by atoms with E-state index in [1.165, 1.54) is 0 Å². The number of hydrogen-bond acceptors (Lipinski definition) is 3. The molecule has 0 unspecified atom stereocenters. The summed E-state index contributed by atoms with van der Waals surface area (Å²) in [6, 6.07) is 0. The Labute approximate surface area is 157 Å². The van der Waals surface area contributed by atoms with Crippen molar-refractivity contribution in [3.63, 3.8) is 0 Å². The molecule has 1 N–H and O–H groups in total. The number of aliphatic hydroxyl groups excluding tert-OH is 1. The maximum absolute atomic E-state index is 13.7. The van der Waals surface area contributed by atoms with Crippen LogP contribution >= 0.6 is 0 Å². The van der Waals surface area contributed by atoms with Crippen molar-refractivity contribution < 1.29 is 49.8 Å². The fraction of sp³-hybridized carbons (Fsp3) is 0.824. The normalized spacial score (nSPS) is 13.5. The van der Waals surface area contributed by atoms with Gasteiger partial charge < -0.3 is 9.84 Å². The summed E-state index contributed by atoms with van der Waals surface area (Å²) in [7, 11) is 0. The van der Waals surface area contributed by atoms with Crippen molar-refractivity contribution in [3.05, 3.63) is 12.2 Å². The minimum absolute atomic E-state index is 0.0756. The molecule has 0 radical (unpaired) electrons. The van der Waals surface area contributed by atoms with Crippen LogP contribution in [0.2, 0.25) is 0 Å². The summed E-state index contributed by atoms with van der Waals surface area (Å²) >= 11 is 0. The standard InChI is InChI=1S/C17H24F8O3/c1-3-4-5-6-7-8-14(18,19)16(22,23)17(24,25)15(20,21)9-10-28-13(27)12(2)11-26/h26H,2-11H2,1H3. The number of aliphatic hydroxyl groups is 1. The van der Waals surface area contributed by atoms with E-state index < -0.39 is 67.7 Å². The van der Waals surface area contributed by atoms with Crippen LogP contribution in [0.1, 0.15) is 51.9 Å². The Kier molecular flexibility index (Phi) is 9.89. The summed E-state index contributed by atoms with van der Waals surface area (Å²) in [5, 5.41) is 8.56. The maximum Gasteiger partial charge on any atom is 0.378 e. The Morgan fingerprint density at radius 2 is 1.32 bits per heavy atom. The van der Waals surface area contributed by atoms with Gasteiger partial charge in [0.2, 0.25) is 0 Å². The number of carbonyl (C=O) groups excluding carboxylic acids is 1. The number of halogens is 8. The van der Waals surface area contributed by atoms with Gasteiger partial charge in [-0.15, -0.1) is 0 Å². The molecule has 28 heavy (non-hydrogen) atoms. The highest BCUT2D eigenvalue weighted by atomic mass is 19.4. The molecule has 0 aromatic carbocycles. The molecule has 0 amide bonds. The van der Waals surface area contributed by atoms with Gasteiger partial charge in [0.05, 0.1) is 25.2 Å². The van der Waals surface area contributed by atoms with Crippen LogP contribution in [0.25, 0.3) is 0 Å². The molecule has 0 bridgehead atoms. The van der Waals surface area contributed by atoms with E-state index in [9.17, 15) is 39.9 Å². The van der Waals surface area contributed by atoms with Crippen LogP contribution in [0.15, 0.2) is 12.2 Å². The molecule has 0 aliphatic carbocycles. The number of hydrogen-bond donors (Lipinski definition) is 1. The second-order valence-electron chi connectivity index (χ2n) is 6.37. The van der Waals surface area contributed by atoms with E-state index in [0.717, 1.165) is 6.42 Å². The smallest absolute Gasteiger partial charge is 0.378 e. The average molecular weight is 428 g/mol. The lowest BCUT2D eigenvalue weighted by Crippen LogP contribution is -2.62. The highest BCUT2D eigenvalue weighted by Crippen LogP contribution is 2.54. The minimum Gasteiger partial charge on any atom is -0.462 e. The lowest BCUT2D eigenvalue weighted by atomic mass is 9.93. The van der Waals surface area contributed by atoms with Crippen molar-refractivity contribution in [3.8, 4) is 0 Å². The average Bonchev–Trinajstić information content (AvgIpc) is 2.59. The summed E-state index contributed by atoms with van der Waals surface area (Å²) < 4.78 is 113. The van der Waals surface area contributed by atoms with E-state index in [4.69, 9.17) is 5.11 Å². The van der Waals surface area contributed by atoms with Crippen molar-refractivity contribution >= 4 is 5.97 Å². The summed E-state index contributed by atoms with van der Waals surface area (Å²) in [5.41, 5.74) is -0.588. The molecular formula is C17H24F8O3. The van der Waals surface area contributed by atoms with Crippen molar-refractivity contribution in [1.82, 2.24) is 0 Å². The Morgan fingerprint density at radius 3 is 1.79 bits per heavy atom. The first-order chi connectivity index (χ1) is 12.7. The summed E-state index contributed by atoms with van der Waals surface area (Å²) in [6.45, 7) is 2.42. The molecule has 0 aromatic rings. The van der Waals surface area contributed by atoms with Crippen molar-refractivity contribution in [2.75, 3.05) is 13.2 Å². The molecule has 0 spiro atoms. The molecule has 0 fully saturated rings. The van der Waals surface area contributed by atoms with Gasteiger partial charge in [0.25, 0.3) is 0 Å². The van der Waals surface area contributed by atoms with Crippen molar-refractivity contribution in [1.29, 1.82) is 0 Å². The molecule has 0 aliphatic rings. The summed E-state index contributed by atoms with van der Waals surface area (Å²) in [5.74, 6) is -25.0. The fourth-order valence-corrected chi connectivity index (χ4v) is 2.16. The van der Waals surface area contributed by atoms with Crippen LogP contribution in [0.3, 0.4) is 0 Å². The van der Waals surface area contributed by atoms with Gasteiger partial charge in [-0.1, -0.05) is 39.2 Å². The molecule has 0 saturated heterocycles. The Morgan fingerprint density at radius 1 is 0.857 bits per heavy atom. The zero-order chi connectivity index (χ0) is 22.2. The second-order valence-corrected chi connectivity index (χ2v) is 6.37. The predicted molar refractivity (Wildman–Crippen MR) is 85.0 cm³/mol. The molecule has 0 aliphatic heterocycles. The van der Waals surface area contributed by atoms with E-state index in [-0.39, 0.29) is 6.42 Å². The van der Waals surface area contributed by atoms with Gasteiger partial charge in [0, 0.05) is 6.42 Å². The zero-order valence-corrected chi connectivity index (χ0v) is 15.4. The molecule has 0 atom stereocenters. The lowest BCUT2D eigenvalue weighted by Gasteiger charge is -2.36. The Bertz CT molecular complexity index is 521. The van der Waals surface area contributed by atoms with E-state index in [1.807, 2.05) is 6.92 Å². The SMILES string of the molecule is C=C(CO)C(=O)OCCC(F)(F)C(F)(F)C(F)(F)C(F)(F)CCCCCCC. The first kappa shape index (κ1) is 26.6. The maximum atomic E-state index is 13.7. The van der Waals surface area contributed by atoms with E-state index in [0.29, 0.717) is 12.8 Å². The van der Waals surface area contributed by atoms with Crippen LogP contribution in [0.5, 0.6) is 0 Å². The quantitative estimate of drug-likeness (QED) is 0.175. The number of unbranched alkanes of at least 4 members (excludes halogenated alkanes) is 4. The Balaban J connectivity index is 5.06. The first-order valence-corrected chi connectivity index (χ1v) is 8.65. The number of carbonyl (C=O) groups is 1. The van der Waals surface area contributed by atoms with Gasteiger partial charge in [0.1, 0.15) is 0 Å². The summed E-state index contributed by atoms with van der Waals surface area (Å²) in [4.78, 5) is 11.1. The molecule has 0 aromatic heterocycles. The molecule has 3 nitrogen and oxygen atoms in total. The van der Waals surface area contributed by atoms with Gasteiger partial charge >= 0.3 is 29.7 Å². The molecule has 0 saturated carbocycles. The Hall–Kier alpha value is -1.39. The second kappa shape index (κ2) is 10.4. The van der Waals surface area contributed by atoms with Crippen LogP contribution in [-0.4, -0.2) is 48.0 Å². The number of esters is 1. The van der Waals surface area contributed by atoms with Gasteiger partial charge in [-0.25, -0.2) is 4.79 Å². The van der Waals surface area contributed by atoms with Crippen molar-refractivity contribution in [2.45, 2.75) is 75.6 Å². The van der Waals surface area contributed by atoms with Gasteiger partial charge in [-0.05, 0) is 6.42 Å². The largest absolute Gasteiger partial charge is 0.462 e. The van der Waals surface area contributed by atoms with E-state index >= 15 is 0 Å². The van der Waals surface area contributed by atoms with E-state index in [1.54, 1.807) is 0 Å². The third-order valence-electron chi connectivity index (χ3n) is 4.04. The van der Waals surface area contributed by atoms with Crippen LogP contribution in [0.4, 0.5) is 35.1 Å². The highest BCUT2D eigenvalue weighted by Gasteiger charge is 2.79. The minimum atomic E-state index is -6.38. The molecule has 0 rings (SSSR count). The monoisotopic (exact) mass is 428 g/mol. The van der Waals surface area contributed by atoms with Gasteiger partial charge in [-0.3, -0.25) is 0 Å². The van der Waals surface area contributed by atoms with Gasteiger partial charge in [-0.2, -0.15) is 35.1 Å². The summed E-state index contributed by atoms with van der Waals surface area (Å²) in [6.07, 6.45) is -2.44. The number of alkyl halides is 8. The number of ether oxygens (including phenoxy) is 1. The molecular weight excluding hydrogens is 404 g/mol. The van der Waals surface area contributed by atoms with Gasteiger partial charge in [0.15, 0.2) is 0 Å². The third kappa shape index (κ3) is 6.31. The highest BCUT2D eigenvalue weighted by molar-refractivity contribution is 5.87. The topological polar surface area (TPSA) is 46.5 Å². The lowest BCUT2D eigenvalue weighted by molar-refractivity contribution is -0.368. The predicted octanol–water partition coefficient (Wildman–Crippen LogP) is 5.37. The molecule has 11 heteroatoms. The van der Waals surface area contributed by atoms with Crippen LogP contribution in [-0.2, 0) is 9.53 Å². The molecule has 166 valence electrons. The fourth-order valence-electron chi connectivity index (χ4n) is 2.16. The third-order valence-corrected chi connectivity index (χ3v) is 4.04. The van der Waals surface area contributed by atoms with Crippen LogP contribution in [0, 0.1) is 0 Å². The number of rotatable bonds is 14. The first-order valence-electron chi connectivity index (χ1n) is 8.65. The molecule has 0 heterocycles. The van der Waals surface area contributed by atoms with E-state index in [2.05, 4.69) is 11.3 Å². The van der Waals surface area contributed by atoms with Crippen molar-refractivity contribution in [2.24, 2.45) is 0 Å². The van der Waals surface area contributed by atoms with Crippen LogP contribution < -0.4 is 0 Å². The zero-order valence-electron chi connectivity index (χ0n) is 15.4.